The van der Waals surface area contributed by atoms with Crippen molar-refractivity contribution in [1.29, 1.82) is 0 Å². The molecule has 1 aromatic heterocycles. The molecule has 0 fully saturated rings. The Kier molecular flexibility index (Phi) is 5.38. The summed E-state index contributed by atoms with van der Waals surface area (Å²) in [6.45, 7) is 0.250. The molecule has 0 saturated heterocycles. The molecule has 0 aliphatic rings. The number of nitrogens with one attached hydrogen (secondary N) is 1. The number of hydrogen-bond acceptors (Lipinski definition) is 5. The van der Waals surface area contributed by atoms with E-state index in [9.17, 15) is 9.59 Å². The highest BCUT2D eigenvalue weighted by Gasteiger charge is 2.15. The number of primary amides is 1. The molecule has 0 aliphatic heterocycles. The normalized spacial score (nSPS) is 10.5. The van der Waals surface area contributed by atoms with Gasteiger partial charge in [-0.1, -0.05) is 12.1 Å². The molecule has 132 valence electrons. The highest BCUT2D eigenvalue weighted by atomic mass is 32.2. The fourth-order valence-electron chi connectivity index (χ4n) is 2.55. The lowest BCUT2D eigenvalue weighted by atomic mass is 10.1. The minimum Gasteiger partial charge on any atom is -0.378 e. The van der Waals surface area contributed by atoms with Crippen LogP contribution in [-0.2, 0) is 4.79 Å². The topological polar surface area (TPSA) is 90.0 Å². The maximum absolute atomic E-state index is 11.6. The van der Waals surface area contributed by atoms with Crippen molar-refractivity contribution in [2.75, 3.05) is 18.1 Å². The molecule has 2 aromatic carbocycles. The van der Waals surface area contributed by atoms with Crippen LogP contribution in [0.4, 0.5) is 5.69 Å². The monoisotopic (exact) mass is 366 g/mol. The maximum Gasteiger partial charge on any atom is 0.269 e. The third kappa shape index (κ3) is 3.78. The second-order valence-electron chi connectivity index (χ2n) is 5.51. The van der Waals surface area contributed by atoms with E-state index in [1.807, 2.05) is 54.8 Å². The molecule has 3 aromatic rings. The number of rotatable bonds is 7. The molecular weight excluding hydrogens is 348 g/mol. The first-order valence-electron chi connectivity index (χ1n) is 7.94. The SMILES string of the molecule is CSc1ccc(-c2cc(C(N)=O)nn2-c2ccc(NCC=O)cc2)cc1. The lowest BCUT2D eigenvalue weighted by Crippen LogP contribution is -2.12. The van der Waals surface area contributed by atoms with E-state index < -0.39 is 5.91 Å². The molecule has 6 nitrogen and oxygen atoms in total. The average molecular weight is 366 g/mol. The molecule has 0 unspecified atom stereocenters. The lowest BCUT2D eigenvalue weighted by Gasteiger charge is -2.09. The minimum absolute atomic E-state index is 0.206. The molecule has 0 spiro atoms. The Hall–Kier alpha value is -3.06. The number of thioether (sulfide) groups is 1. The Morgan fingerprint density at radius 3 is 2.46 bits per heavy atom. The van der Waals surface area contributed by atoms with E-state index >= 15 is 0 Å². The van der Waals surface area contributed by atoms with Gasteiger partial charge in [-0.2, -0.15) is 5.10 Å². The molecule has 26 heavy (non-hydrogen) atoms. The molecule has 7 heteroatoms. The molecular formula is C19H18N4O2S. The molecule has 0 bridgehead atoms. The van der Waals surface area contributed by atoms with E-state index in [2.05, 4.69) is 10.4 Å². The van der Waals surface area contributed by atoms with Crippen molar-refractivity contribution >= 4 is 29.6 Å². The molecule has 1 amide bonds. The van der Waals surface area contributed by atoms with Gasteiger partial charge in [0.1, 0.15) is 6.29 Å². The zero-order valence-electron chi connectivity index (χ0n) is 14.2. The Balaban J connectivity index is 2.02. The van der Waals surface area contributed by atoms with Crippen LogP contribution in [0.5, 0.6) is 0 Å². The molecule has 0 saturated carbocycles. The number of carbonyl (C=O) groups excluding carboxylic acids is 2. The average Bonchev–Trinajstić information content (AvgIpc) is 3.12. The van der Waals surface area contributed by atoms with E-state index in [1.54, 1.807) is 22.5 Å². The number of benzene rings is 2. The number of nitrogens with zero attached hydrogens (tertiary/aromatic N) is 2. The van der Waals surface area contributed by atoms with Crippen LogP contribution in [0.1, 0.15) is 10.5 Å². The van der Waals surface area contributed by atoms with Gasteiger partial charge in [0.15, 0.2) is 5.69 Å². The number of hydrogen-bond donors (Lipinski definition) is 2. The van der Waals surface area contributed by atoms with Gasteiger partial charge in [-0.15, -0.1) is 11.8 Å². The van der Waals surface area contributed by atoms with Crippen LogP contribution in [0.2, 0.25) is 0 Å². The number of carbonyl (C=O) groups is 2. The molecule has 0 atom stereocenters. The summed E-state index contributed by atoms with van der Waals surface area (Å²) in [7, 11) is 0. The van der Waals surface area contributed by atoms with Crippen molar-refractivity contribution in [2.24, 2.45) is 5.73 Å². The first kappa shape index (κ1) is 17.8. The van der Waals surface area contributed by atoms with Gasteiger partial charge in [0, 0.05) is 16.1 Å². The number of aldehydes is 1. The predicted octanol–water partition coefficient (Wildman–Crippen LogP) is 2.97. The lowest BCUT2D eigenvalue weighted by molar-refractivity contribution is -0.106. The van der Waals surface area contributed by atoms with Crippen LogP contribution in [-0.4, -0.2) is 34.8 Å². The first-order valence-corrected chi connectivity index (χ1v) is 9.17. The third-order valence-electron chi connectivity index (χ3n) is 3.85. The van der Waals surface area contributed by atoms with Crippen LogP contribution < -0.4 is 11.1 Å². The molecule has 1 heterocycles. The summed E-state index contributed by atoms with van der Waals surface area (Å²) in [5, 5.41) is 7.33. The van der Waals surface area contributed by atoms with E-state index in [1.165, 1.54) is 0 Å². The zero-order valence-corrected chi connectivity index (χ0v) is 15.0. The van der Waals surface area contributed by atoms with E-state index in [0.29, 0.717) is 0 Å². The van der Waals surface area contributed by atoms with Gasteiger partial charge in [0.25, 0.3) is 5.91 Å². The van der Waals surface area contributed by atoms with Gasteiger partial charge in [-0.3, -0.25) is 4.79 Å². The Morgan fingerprint density at radius 1 is 1.19 bits per heavy atom. The summed E-state index contributed by atoms with van der Waals surface area (Å²) >= 11 is 1.66. The van der Waals surface area contributed by atoms with Crippen LogP contribution in [0.25, 0.3) is 16.9 Å². The third-order valence-corrected chi connectivity index (χ3v) is 4.59. The second-order valence-corrected chi connectivity index (χ2v) is 6.39. The van der Waals surface area contributed by atoms with Crippen molar-refractivity contribution < 1.29 is 9.59 Å². The van der Waals surface area contributed by atoms with Crippen molar-refractivity contribution in [3.05, 3.63) is 60.3 Å². The van der Waals surface area contributed by atoms with E-state index in [0.717, 1.165) is 33.8 Å². The Morgan fingerprint density at radius 2 is 1.88 bits per heavy atom. The smallest absolute Gasteiger partial charge is 0.269 e. The summed E-state index contributed by atoms with van der Waals surface area (Å²) in [4.78, 5) is 23.2. The molecule has 0 radical (unpaired) electrons. The van der Waals surface area contributed by atoms with Crippen molar-refractivity contribution in [1.82, 2.24) is 9.78 Å². The van der Waals surface area contributed by atoms with Crippen LogP contribution in [0.3, 0.4) is 0 Å². The largest absolute Gasteiger partial charge is 0.378 e. The Labute approximate surface area is 155 Å². The van der Waals surface area contributed by atoms with Crippen LogP contribution in [0, 0.1) is 0 Å². The Bertz CT molecular complexity index is 918. The standard InChI is InChI=1S/C19H18N4O2S/c1-26-16-8-2-13(3-9-16)18-12-17(19(20)25)22-23(18)15-6-4-14(5-7-15)21-10-11-24/h2-9,11-12,21H,10H2,1H3,(H2,20,25). The highest BCUT2D eigenvalue weighted by Crippen LogP contribution is 2.27. The second kappa shape index (κ2) is 7.88. The predicted molar refractivity (Wildman–Crippen MR) is 104 cm³/mol. The highest BCUT2D eigenvalue weighted by molar-refractivity contribution is 7.98. The summed E-state index contributed by atoms with van der Waals surface area (Å²) in [5.41, 5.74) is 8.95. The number of aromatic nitrogens is 2. The van der Waals surface area contributed by atoms with Gasteiger partial charge in [0.2, 0.25) is 0 Å². The van der Waals surface area contributed by atoms with Crippen LogP contribution in [0.15, 0.2) is 59.5 Å². The number of nitrogens with two attached hydrogens (primary N) is 1. The fourth-order valence-corrected chi connectivity index (χ4v) is 2.95. The summed E-state index contributed by atoms with van der Waals surface area (Å²) in [6.07, 6.45) is 2.82. The van der Waals surface area contributed by atoms with Gasteiger partial charge in [-0.25, -0.2) is 4.68 Å². The molecule has 3 rings (SSSR count). The number of amides is 1. The van der Waals surface area contributed by atoms with Crippen LogP contribution >= 0.6 is 11.8 Å². The van der Waals surface area contributed by atoms with Crippen molar-refractivity contribution in [3.63, 3.8) is 0 Å². The van der Waals surface area contributed by atoms with Gasteiger partial charge >= 0.3 is 0 Å². The maximum atomic E-state index is 11.6. The summed E-state index contributed by atoms with van der Waals surface area (Å²) < 4.78 is 1.69. The minimum atomic E-state index is -0.574. The van der Waals surface area contributed by atoms with E-state index in [-0.39, 0.29) is 12.2 Å². The van der Waals surface area contributed by atoms with Gasteiger partial charge in [-0.05, 0) is 48.7 Å². The zero-order chi connectivity index (χ0) is 18.5. The summed E-state index contributed by atoms with van der Waals surface area (Å²) in [6, 6.07) is 17.1. The van der Waals surface area contributed by atoms with Gasteiger partial charge < -0.3 is 15.8 Å². The molecule has 0 aliphatic carbocycles. The fraction of sp³-hybridized carbons (Fsp3) is 0.105. The van der Waals surface area contributed by atoms with Crippen molar-refractivity contribution in [3.8, 4) is 16.9 Å². The van der Waals surface area contributed by atoms with E-state index in [4.69, 9.17) is 5.73 Å². The van der Waals surface area contributed by atoms with Gasteiger partial charge in [0.05, 0.1) is 17.9 Å². The first-order chi connectivity index (χ1) is 12.6. The number of anilines is 1. The molecule has 3 N–H and O–H groups in total. The summed E-state index contributed by atoms with van der Waals surface area (Å²) in [5.74, 6) is -0.574. The van der Waals surface area contributed by atoms with Crippen molar-refractivity contribution in [2.45, 2.75) is 4.90 Å². The quantitative estimate of drug-likeness (QED) is 0.496.